The fourth-order valence-electron chi connectivity index (χ4n) is 4.54. The van der Waals surface area contributed by atoms with Gasteiger partial charge in [0.15, 0.2) is 0 Å². The fraction of sp³-hybridized carbons (Fsp3) is 0.214. The minimum atomic E-state index is -0.822. The normalized spacial score (nSPS) is 15.7. The molecule has 0 saturated carbocycles. The van der Waals surface area contributed by atoms with E-state index in [1.54, 1.807) is 11.2 Å². The number of amides is 2. The number of hydrogen-bond acceptors (Lipinski definition) is 3. The van der Waals surface area contributed by atoms with Crippen molar-refractivity contribution in [3.05, 3.63) is 95.7 Å². The quantitative estimate of drug-likeness (QED) is 0.446. The average Bonchev–Trinajstić information content (AvgIpc) is 3.22. The molecular weight excluding hydrogens is 412 g/mol. The van der Waals surface area contributed by atoms with Gasteiger partial charge in [-0.05, 0) is 49.2 Å². The van der Waals surface area contributed by atoms with E-state index >= 15 is 0 Å². The van der Waals surface area contributed by atoms with Gasteiger partial charge in [-0.1, -0.05) is 60.7 Å². The summed E-state index contributed by atoms with van der Waals surface area (Å²) in [5.74, 6) is 0.145. The largest absolute Gasteiger partial charge is 0.464 e. The van der Waals surface area contributed by atoms with Gasteiger partial charge in [0.05, 0.1) is 11.8 Å². The number of furan rings is 1. The van der Waals surface area contributed by atoms with Crippen molar-refractivity contribution in [3.8, 4) is 11.3 Å². The maximum Gasteiger partial charge on any atom is 0.255 e. The summed E-state index contributed by atoms with van der Waals surface area (Å²) in [5.41, 5.74) is 2.47. The maximum atomic E-state index is 14.0. The topological polar surface area (TPSA) is 62.6 Å². The lowest BCUT2D eigenvalue weighted by atomic mass is 9.95. The van der Waals surface area contributed by atoms with Gasteiger partial charge in [0.1, 0.15) is 11.8 Å². The molecule has 1 atom stereocenters. The van der Waals surface area contributed by atoms with Gasteiger partial charge in [-0.25, -0.2) is 0 Å². The van der Waals surface area contributed by atoms with E-state index in [2.05, 4.69) is 5.32 Å². The average molecular weight is 439 g/mol. The molecule has 0 bridgehead atoms. The third kappa shape index (κ3) is 3.80. The second kappa shape index (κ2) is 7.93. The molecule has 3 aromatic carbocycles. The van der Waals surface area contributed by atoms with E-state index in [4.69, 9.17) is 4.42 Å². The molecule has 5 rings (SSSR count). The second-order valence-corrected chi connectivity index (χ2v) is 9.47. The number of nitrogens with zero attached hydrogens (tertiary/aromatic N) is 1. The molecule has 0 fully saturated rings. The second-order valence-electron chi connectivity index (χ2n) is 9.47. The van der Waals surface area contributed by atoms with E-state index in [0.717, 1.165) is 21.9 Å². The number of hydrogen-bond donors (Lipinski definition) is 1. The lowest BCUT2D eigenvalue weighted by Gasteiger charge is -2.32. The molecule has 0 saturated heterocycles. The minimum absolute atomic E-state index is 0.194. The Bertz CT molecular complexity index is 1350. The van der Waals surface area contributed by atoms with Crippen LogP contribution in [0, 0.1) is 0 Å². The van der Waals surface area contributed by atoms with Crippen molar-refractivity contribution in [1.29, 1.82) is 0 Å². The third-order valence-electron chi connectivity index (χ3n) is 5.89. The highest BCUT2D eigenvalue weighted by Gasteiger charge is 2.40. The van der Waals surface area contributed by atoms with Gasteiger partial charge < -0.3 is 14.6 Å². The Labute approximate surface area is 193 Å². The lowest BCUT2D eigenvalue weighted by molar-refractivity contribution is -0.127. The molecule has 33 heavy (non-hydrogen) atoms. The summed E-state index contributed by atoms with van der Waals surface area (Å²) >= 11 is 0. The Morgan fingerprint density at radius 2 is 1.70 bits per heavy atom. The van der Waals surface area contributed by atoms with Crippen LogP contribution in [-0.4, -0.2) is 22.3 Å². The predicted octanol–water partition coefficient (Wildman–Crippen LogP) is 5.71. The number of benzene rings is 3. The third-order valence-corrected chi connectivity index (χ3v) is 5.89. The monoisotopic (exact) mass is 438 g/mol. The molecule has 0 aliphatic carbocycles. The highest BCUT2D eigenvalue weighted by atomic mass is 16.3. The van der Waals surface area contributed by atoms with Crippen LogP contribution in [0.2, 0.25) is 0 Å². The van der Waals surface area contributed by atoms with Crippen LogP contribution in [0.25, 0.3) is 22.1 Å². The summed E-state index contributed by atoms with van der Waals surface area (Å²) in [5, 5.41) is 5.01. The number of fused-ring (bicyclic) bond motifs is 5. The van der Waals surface area contributed by atoms with Crippen LogP contribution < -0.4 is 5.32 Å². The molecule has 5 nitrogen and oxygen atoms in total. The lowest BCUT2D eigenvalue weighted by Crippen LogP contribution is -2.48. The van der Waals surface area contributed by atoms with Gasteiger partial charge in [-0.3, -0.25) is 9.59 Å². The molecule has 1 N–H and O–H groups in total. The van der Waals surface area contributed by atoms with Crippen LogP contribution in [0.4, 0.5) is 0 Å². The first-order chi connectivity index (χ1) is 15.8. The highest BCUT2D eigenvalue weighted by Crippen LogP contribution is 2.43. The van der Waals surface area contributed by atoms with E-state index < -0.39 is 11.6 Å². The molecule has 5 heteroatoms. The molecule has 0 radical (unpaired) electrons. The van der Waals surface area contributed by atoms with Crippen LogP contribution >= 0.6 is 0 Å². The molecule has 2 amide bonds. The van der Waals surface area contributed by atoms with E-state index in [9.17, 15) is 9.59 Å². The smallest absolute Gasteiger partial charge is 0.255 e. The van der Waals surface area contributed by atoms with Gasteiger partial charge in [0.25, 0.3) is 5.91 Å². The van der Waals surface area contributed by atoms with Gasteiger partial charge in [0.2, 0.25) is 5.91 Å². The Hall–Kier alpha value is -3.86. The minimum Gasteiger partial charge on any atom is -0.464 e. The summed E-state index contributed by atoms with van der Waals surface area (Å²) in [7, 11) is 0. The predicted molar refractivity (Wildman–Crippen MR) is 129 cm³/mol. The van der Waals surface area contributed by atoms with Gasteiger partial charge in [-0.15, -0.1) is 0 Å². The van der Waals surface area contributed by atoms with E-state index in [-0.39, 0.29) is 11.8 Å². The van der Waals surface area contributed by atoms with E-state index in [1.165, 1.54) is 0 Å². The SMILES string of the molecule is CC(C)(C)NC(=O)C1c2ccoc2-c2c(ccc3ccccc23)C(=O)N1Cc1ccccc1. The van der Waals surface area contributed by atoms with Crippen molar-refractivity contribution in [2.24, 2.45) is 0 Å². The molecule has 1 aliphatic rings. The summed E-state index contributed by atoms with van der Waals surface area (Å²) in [6.45, 7) is 6.11. The number of rotatable bonds is 3. The number of nitrogens with one attached hydrogen (secondary N) is 1. The highest BCUT2D eigenvalue weighted by molar-refractivity contribution is 6.12. The van der Waals surface area contributed by atoms with Crippen molar-refractivity contribution < 1.29 is 14.0 Å². The van der Waals surface area contributed by atoms with Crippen molar-refractivity contribution in [3.63, 3.8) is 0 Å². The molecule has 1 aromatic heterocycles. The Kier molecular flexibility index (Phi) is 5.05. The van der Waals surface area contributed by atoms with Crippen molar-refractivity contribution >= 4 is 22.6 Å². The molecule has 166 valence electrons. The molecule has 1 aliphatic heterocycles. The molecule has 0 spiro atoms. The Morgan fingerprint density at radius 1 is 0.970 bits per heavy atom. The molecule has 4 aromatic rings. The van der Waals surface area contributed by atoms with E-state index in [0.29, 0.717) is 23.4 Å². The Balaban J connectivity index is 1.75. The van der Waals surface area contributed by atoms with Crippen molar-refractivity contribution in [2.45, 2.75) is 38.9 Å². The fourth-order valence-corrected chi connectivity index (χ4v) is 4.54. The van der Waals surface area contributed by atoms with Crippen LogP contribution in [0.1, 0.15) is 48.3 Å². The zero-order valence-electron chi connectivity index (χ0n) is 19.0. The summed E-state index contributed by atoms with van der Waals surface area (Å²) in [6, 6.07) is 22.4. The molecule has 1 unspecified atom stereocenters. The van der Waals surface area contributed by atoms with Gasteiger partial charge in [0, 0.05) is 23.2 Å². The van der Waals surface area contributed by atoms with Crippen LogP contribution in [0.15, 0.2) is 83.5 Å². The molecular formula is C28H26N2O3. The standard InChI is InChI=1S/C28H26N2O3/c1-28(2,3)29-26(31)24-22-15-16-33-25(22)23-20-12-8-7-11-19(20)13-14-21(23)27(32)30(24)17-18-9-5-4-6-10-18/h4-16,24H,17H2,1-3H3,(H,29,31). The van der Waals surface area contributed by atoms with Crippen LogP contribution in [0.3, 0.4) is 0 Å². The van der Waals surface area contributed by atoms with Gasteiger partial charge in [-0.2, -0.15) is 0 Å². The van der Waals surface area contributed by atoms with Crippen molar-refractivity contribution in [2.75, 3.05) is 0 Å². The van der Waals surface area contributed by atoms with Crippen molar-refractivity contribution in [1.82, 2.24) is 10.2 Å². The Morgan fingerprint density at radius 3 is 2.45 bits per heavy atom. The first-order valence-corrected chi connectivity index (χ1v) is 11.1. The first-order valence-electron chi connectivity index (χ1n) is 11.1. The first kappa shape index (κ1) is 21.0. The number of carbonyl (C=O) groups is 2. The summed E-state index contributed by atoms with van der Waals surface area (Å²) in [6.07, 6.45) is 1.60. The van der Waals surface area contributed by atoms with Crippen LogP contribution in [0.5, 0.6) is 0 Å². The summed E-state index contributed by atoms with van der Waals surface area (Å²) in [4.78, 5) is 29.3. The maximum absolute atomic E-state index is 14.0. The van der Waals surface area contributed by atoms with Crippen LogP contribution in [-0.2, 0) is 11.3 Å². The zero-order chi connectivity index (χ0) is 23.2. The number of carbonyl (C=O) groups excluding carboxylic acids is 2. The van der Waals surface area contributed by atoms with E-state index in [1.807, 2.05) is 93.6 Å². The summed E-state index contributed by atoms with van der Waals surface area (Å²) < 4.78 is 5.97. The molecule has 2 heterocycles. The van der Waals surface area contributed by atoms with Gasteiger partial charge >= 0.3 is 0 Å². The zero-order valence-corrected chi connectivity index (χ0v) is 19.0.